The first kappa shape index (κ1) is 18.9. The summed E-state index contributed by atoms with van der Waals surface area (Å²) in [4.78, 5) is 4.52. The molecule has 10 heteroatoms. The van der Waals surface area contributed by atoms with Crippen LogP contribution in [0, 0.1) is 3.57 Å². The highest BCUT2D eigenvalue weighted by atomic mass is 127. The Morgan fingerprint density at radius 2 is 2.11 bits per heavy atom. The van der Waals surface area contributed by atoms with Crippen molar-refractivity contribution in [2.45, 2.75) is 0 Å². The summed E-state index contributed by atoms with van der Waals surface area (Å²) in [5.41, 5.74) is 6.01. The average Bonchev–Trinajstić information content (AvgIpc) is 2.96. The topological polar surface area (TPSA) is 97.5 Å². The summed E-state index contributed by atoms with van der Waals surface area (Å²) in [7, 11) is 3.44. The van der Waals surface area contributed by atoms with E-state index in [0.717, 1.165) is 26.5 Å². The number of nitrogens with zero attached hydrogens (tertiary/aromatic N) is 5. The number of anilines is 1. The van der Waals surface area contributed by atoms with Crippen LogP contribution in [-0.2, 0) is 7.05 Å². The van der Waals surface area contributed by atoms with Gasteiger partial charge in [0.05, 0.1) is 22.4 Å². The number of aromatic hydroxyl groups is 1. The highest BCUT2D eigenvalue weighted by molar-refractivity contribution is 14.1. The molecule has 0 aliphatic rings. The van der Waals surface area contributed by atoms with Crippen molar-refractivity contribution in [2.75, 3.05) is 12.5 Å². The fourth-order valence-electron chi connectivity index (χ4n) is 2.87. The van der Waals surface area contributed by atoms with Gasteiger partial charge in [-0.25, -0.2) is 5.43 Å². The minimum atomic E-state index is 0.105. The molecular formula is C18H14BrIN6O2. The molecule has 8 nitrogen and oxygen atoms in total. The fourth-order valence-corrected chi connectivity index (χ4v) is 3.85. The van der Waals surface area contributed by atoms with Gasteiger partial charge in [-0.15, -0.1) is 10.2 Å². The van der Waals surface area contributed by atoms with Crippen LogP contribution in [0.3, 0.4) is 0 Å². The van der Waals surface area contributed by atoms with Crippen molar-refractivity contribution in [1.82, 2.24) is 19.7 Å². The van der Waals surface area contributed by atoms with Gasteiger partial charge >= 0.3 is 0 Å². The zero-order chi connectivity index (χ0) is 19.8. The highest BCUT2D eigenvalue weighted by Crippen LogP contribution is 2.32. The second kappa shape index (κ2) is 7.51. The van der Waals surface area contributed by atoms with E-state index in [4.69, 9.17) is 4.74 Å². The molecule has 2 heterocycles. The Morgan fingerprint density at radius 1 is 1.29 bits per heavy atom. The Morgan fingerprint density at radius 3 is 2.89 bits per heavy atom. The number of fused-ring (bicyclic) bond motifs is 3. The number of aryl methyl sites for hydroxylation is 1. The largest absolute Gasteiger partial charge is 0.504 e. The number of benzene rings is 2. The van der Waals surface area contributed by atoms with Crippen LogP contribution < -0.4 is 10.2 Å². The van der Waals surface area contributed by atoms with E-state index >= 15 is 0 Å². The number of methoxy groups -OCH3 is 1. The molecule has 0 saturated carbocycles. The van der Waals surface area contributed by atoms with E-state index in [1.165, 1.54) is 7.11 Å². The van der Waals surface area contributed by atoms with E-state index in [9.17, 15) is 5.11 Å². The average molecular weight is 553 g/mol. The van der Waals surface area contributed by atoms with Crippen molar-refractivity contribution < 1.29 is 9.84 Å². The quantitative estimate of drug-likeness (QED) is 0.225. The fraction of sp³-hybridized carbons (Fsp3) is 0.111. The second-order valence-corrected chi connectivity index (χ2v) is 8.03. The molecule has 0 unspecified atom stereocenters. The van der Waals surface area contributed by atoms with Gasteiger partial charge in [0.25, 0.3) is 5.95 Å². The van der Waals surface area contributed by atoms with Crippen molar-refractivity contribution in [3.63, 3.8) is 0 Å². The normalized spacial score (nSPS) is 11.6. The van der Waals surface area contributed by atoms with Crippen molar-refractivity contribution in [3.8, 4) is 11.5 Å². The lowest BCUT2D eigenvalue weighted by molar-refractivity contribution is 0.371. The van der Waals surface area contributed by atoms with Gasteiger partial charge in [0.15, 0.2) is 17.1 Å². The molecule has 0 aliphatic carbocycles. The van der Waals surface area contributed by atoms with Crippen molar-refractivity contribution in [2.24, 2.45) is 12.1 Å². The lowest BCUT2D eigenvalue weighted by Crippen LogP contribution is -2.01. The summed E-state index contributed by atoms with van der Waals surface area (Å²) < 4.78 is 8.76. The van der Waals surface area contributed by atoms with Gasteiger partial charge in [-0.05, 0) is 58.5 Å². The summed E-state index contributed by atoms with van der Waals surface area (Å²) in [6.45, 7) is 0. The molecule has 2 N–H and O–H groups in total. The predicted molar refractivity (Wildman–Crippen MR) is 120 cm³/mol. The Hall–Kier alpha value is -2.47. The molecule has 0 aliphatic heterocycles. The molecule has 0 radical (unpaired) electrons. The minimum absolute atomic E-state index is 0.105. The first-order valence-electron chi connectivity index (χ1n) is 8.12. The van der Waals surface area contributed by atoms with Gasteiger partial charge < -0.3 is 14.4 Å². The van der Waals surface area contributed by atoms with Crippen LogP contribution in [0.1, 0.15) is 5.56 Å². The molecule has 142 valence electrons. The third-order valence-corrected chi connectivity index (χ3v) is 5.53. The van der Waals surface area contributed by atoms with Crippen LogP contribution in [0.4, 0.5) is 5.95 Å². The Balaban J connectivity index is 1.64. The van der Waals surface area contributed by atoms with Gasteiger partial charge in [0, 0.05) is 16.9 Å². The number of nitrogens with one attached hydrogen (secondary N) is 1. The maximum atomic E-state index is 9.90. The number of phenolic OH excluding ortho intramolecular Hbond substituents is 1. The van der Waals surface area contributed by atoms with Crippen molar-refractivity contribution in [1.29, 1.82) is 0 Å². The zero-order valence-electron chi connectivity index (χ0n) is 14.8. The molecule has 0 amide bonds. The molecule has 4 rings (SSSR count). The minimum Gasteiger partial charge on any atom is -0.504 e. The van der Waals surface area contributed by atoms with E-state index in [1.54, 1.807) is 18.3 Å². The van der Waals surface area contributed by atoms with Crippen LogP contribution in [0.25, 0.3) is 22.1 Å². The Bertz CT molecular complexity index is 1240. The monoisotopic (exact) mass is 552 g/mol. The van der Waals surface area contributed by atoms with Crippen LogP contribution in [0.15, 0.2) is 39.9 Å². The van der Waals surface area contributed by atoms with E-state index < -0.39 is 0 Å². The van der Waals surface area contributed by atoms with Crippen molar-refractivity contribution in [3.05, 3.63) is 43.9 Å². The molecule has 0 spiro atoms. The maximum absolute atomic E-state index is 9.90. The molecule has 4 aromatic rings. The summed E-state index contributed by atoms with van der Waals surface area (Å²) in [6.07, 6.45) is 1.59. The van der Waals surface area contributed by atoms with Crippen LogP contribution >= 0.6 is 38.5 Å². The third kappa shape index (κ3) is 3.37. The molecule has 0 atom stereocenters. The third-order valence-electron chi connectivity index (χ3n) is 4.21. The molecule has 2 aromatic carbocycles. The van der Waals surface area contributed by atoms with E-state index in [-0.39, 0.29) is 11.7 Å². The maximum Gasteiger partial charge on any atom is 0.265 e. The number of aromatic nitrogens is 4. The highest BCUT2D eigenvalue weighted by Gasteiger charge is 2.13. The number of phenols is 1. The summed E-state index contributed by atoms with van der Waals surface area (Å²) in [5.74, 6) is 0.775. The second-order valence-electron chi connectivity index (χ2n) is 5.95. The molecular weight excluding hydrogens is 539 g/mol. The van der Waals surface area contributed by atoms with Crippen LogP contribution in [0.5, 0.6) is 11.5 Å². The standard InChI is InChI=1S/C18H14BrIN6O2/c1-26-13-4-3-10(19)7-11(13)15-17(26)22-18(25-23-15)24-21-8-9-5-12(20)16(27)14(6-9)28-2/h3-8,27H,1-2H3,(H,22,24,25)/b21-8+. The smallest absolute Gasteiger partial charge is 0.265 e. The number of halogens is 2. The number of ether oxygens (including phenoxy) is 1. The first-order valence-corrected chi connectivity index (χ1v) is 9.99. The number of hydrogen-bond donors (Lipinski definition) is 2. The van der Waals surface area contributed by atoms with Crippen LogP contribution in [-0.4, -0.2) is 38.2 Å². The lowest BCUT2D eigenvalue weighted by atomic mass is 10.2. The summed E-state index contributed by atoms with van der Waals surface area (Å²) in [6, 6.07) is 9.46. The van der Waals surface area contributed by atoms with Crippen LogP contribution in [0.2, 0.25) is 0 Å². The first-order chi connectivity index (χ1) is 13.5. The predicted octanol–water partition coefficient (Wildman–Crippen LogP) is 4.04. The molecule has 0 saturated heterocycles. The molecule has 0 bridgehead atoms. The Kier molecular flexibility index (Phi) is 5.06. The SMILES string of the molecule is COc1cc(/C=N/Nc2nnc3c4cc(Br)ccc4n(C)c3n2)cc(I)c1O. The number of hydrazone groups is 1. The molecule has 28 heavy (non-hydrogen) atoms. The van der Waals surface area contributed by atoms with E-state index in [2.05, 4.69) is 41.6 Å². The van der Waals surface area contributed by atoms with Gasteiger partial charge in [-0.2, -0.15) is 10.1 Å². The number of rotatable bonds is 4. The molecule has 2 aromatic heterocycles. The van der Waals surface area contributed by atoms with Gasteiger partial charge in [-0.1, -0.05) is 15.9 Å². The molecule has 0 fully saturated rings. The van der Waals surface area contributed by atoms with Gasteiger partial charge in [-0.3, -0.25) is 0 Å². The summed E-state index contributed by atoms with van der Waals surface area (Å²) in [5, 5.41) is 23.5. The van der Waals surface area contributed by atoms with Gasteiger partial charge in [0.2, 0.25) is 0 Å². The van der Waals surface area contributed by atoms with Gasteiger partial charge in [0.1, 0.15) is 5.52 Å². The number of hydrogen-bond acceptors (Lipinski definition) is 7. The zero-order valence-corrected chi connectivity index (χ0v) is 18.6. The van der Waals surface area contributed by atoms with E-state index in [1.807, 2.05) is 52.4 Å². The van der Waals surface area contributed by atoms with E-state index in [0.29, 0.717) is 15.0 Å². The Labute approximate surface area is 181 Å². The van der Waals surface area contributed by atoms with Crippen molar-refractivity contribution >= 4 is 72.8 Å². The summed E-state index contributed by atoms with van der Waals surface area (Å²) >= 11 is 5.51. The lowest BCUT2D eigenvalue weighted by Gasteiger charge is -2.06.